The van der Waals surface area contributed by atoms with E-state index in [4.69, 9.17) is 4.74 Å². The molecule has 5 heteroatoms. The molecule has 1 heterocycles. The van der Waals surface area contributed by atoms with Crippen LogP contribution in [0.4, 0.5) is 4.79 Å². The normalized spacial score (nSPS) is 11.1. The number of alkyl carbamates (subject to hydrolysis) is 1. The summed E-state index contributed by atoms with van der Waals surface area (Å²) in [5.41, 5.74) is 0.521. The van der Waals surface area contributed by atoms with Crippen molar-refractivity contribution in [2.45, 2.75) is 39.2 Å². The minimum atomic E-state index is -0.509. The van der Waals surface area contributed by atoms with Crippen LogP contribution in [0.5, 0.6) is 0 Å². The van der Waals surface area contributed by atoms with Crippen LogP contribution in [0.2, 0.25) is 0 Å². The van der Waals surface area contributed by atoms with Gasteiger partial charge < -0.3 is 10.1 Å². The summed E-state index contributed by atoms with van der Waals surface area (Å²) in [4.78, 5) is 22.9. The molecule has 1 N–H and O–H groups in total. The summed E-state index contributed by atoms with van der Waals surface area (Å²) in [6.45, 7) is 5.72. The summed E-state index contributed by atoms with van der Waals surface area (Å²) >= 11 is 1.57. The van der Waals surface area contributed by atoms with Crippen LogP contribution in [0.1, 0.15) is 32.8 Å². The molecule has 100 valence electrons. The lowest BCUT2D eigenvalue weighted by molar-refractivity contribution is -0.118. The number of hydrogen-bond acceptors (Lipinski definition) is 4. The fourth-order valence-corrected chi connectivity index (χ4v) is 2.00. The van der Waals surface area contributed by atoms with Gasteiger partial charge in [0.05, 0.1) is 0 Å². The first-order valence-electron chi connectivity index (χ1n) is 5.86. The SMILES string of the molecule is CC(C)(C)OC(=O)NCCC(=O)Cc1ccsc1. The predicted octanol–water partition coefficient (Wildman–Crippen LogP) is 2.77. The van der Waals surface area contributed by atoms with Crippen molar-refractivity contribution in [2.75, 3.05) is 6.54 Å². The Kier molecular flexibility index (Phi) is 5.34. The van der Waals surface area contributed by atoms with E-state index in [0.29, 0.717) is 19.4 Å². The first-order valence-corrected chi connectivity index (χ1v) is 6.81. The molecule has 0 fully saturated rings. The van der Waals surface area contributed by atoms with Crippen molar-refractivity contribution < 1.29 is 14.3 Å². The minimum Gasteiger partial charge on any atom is -0.444 e. The molecule has 0 aromatic carbocycles. The zero-order valence-corrected chi connectivity index (χ0v) is 11.8. The molecule has 1 rings (SSSR count). The highest BCUT2D eigenvalue weighted by Crippen LogP contribution is 2.08. The third-order valence-corrected chi connectivity index (χ3v) is 2.79. The van der Waals surface area contributed by atoms with E-state index < -0.39 is 11.7 Å². The average molecular weight is 269 g/mol. The second kappa shape index (κ2) is 6.54. The Morgan fingerprint density at radius 1 is 1.39 bits per heavy atom. The lowest BCUT2D eigenvalue weighted by Gasteiger charge is -2.19. The van der Waals surface area contributed by atoms with Crippen LogP contribution in [0.15, 0.2) is 16.8 Å². The van der Waals surface area contributed by atoms with Gasteiger partial charge in [-0.3, -0.25) is 4.79 Å². The van der Waals surface area contributed by atoms with Gasteiger partial charge in [-0.05, 0) is 43.2 Å². The Hall–Kier alpha value is -1.36. The van der Waals surface area contributed by atoms with Gasteiger partial charge in [0.1, 0.15) is 11.4 Å². The predicted molar refractivity (Wildman–Crippen MR) is 71.9 cm³/mol. The van der Waals surface area contributed by atoms with E-state index in [1.54, 1.807) is 32.1 Å². The van der Waals surface area contributed by atoms with Crippen molar-refractivity contribution in [2.24, 2.45) is 0 Å². The third kappa shape index (κ3) is 6.39. The fraction of sp³-hybridized carbons (Fsp3) is 0.538. The Morgan fingerprint density at radius 3 is 2.67 bits per heavy atom. The summed E-state index contributed by atoms with van der Waals surface area (Å²) in [6, 6.07) is 1.93. The molecule has 0 aliphatic carbocycles. The maximum absolute atomic E-state index is 11.6. The van der Waals surface area contributed by atoms with E-state index in [1.807, 2.05) is 16.8 Å². The fourth-order valence-electron chi connectivity index (χ4n) is 1.33. The number of thiophene rings is 1. The summed E-state index contributed by atoms with van der Waals surface area (Å²) in [7, 11) is 0. The van der Waals surface area contributed by atoms with E-state index in [-0.39, 0.29) is 5.78 Å². The molecule has 1 aromatic rings. The lowest BCUT2D eigenvalue weighted by atomic mass is 10.1. The van der Waals surface area contributed by atoms with Crippen molar-refractivity contribution in [3.8, 4) is 0 Å². The van der Waals surface area contributed by atoms with Gasteiger partial charge in [-0.2, -0.15) is 11.3 Å². The summed E-state index contributed by atoms with van der Waals surface area (Å²) in [5.74, 6) is 0.115. The van der Waals surface area contributed by atoms with Crippen molar-refractivity contribution in [3.05, 3.63) is 22.4 Å². The maximum atomic E-state index is 11.6. The Bertz CT molecular complexity index is 393. The van der Waals surface area contributed by atoms with Crippen LogP contribution >= 0.6 is 11.3 Å². The molecule has 0 radical (unpaired) electrons. The first-order chi connectivity index (χ1) is 8.37. The number of rotatable bonds is 5. The van der Waals surface area contributed by atoms with E-state index in [0.717, 1.165) is 5.56 Å². The van der Waals surface area contributed by atoms with Gasteiger partial charge >= 0.3 is 6.09 Å². The van der Waals surface area contributed by atoms with Crippen LogP contribution < -0.4 is 5.32 Å². The molecule has 0 unspecified atom stereocenters. The molecule has 0 atom stereocenters. The standard InChI is InChI=1S/C13H19NO3S/c1-13(2,3)17-12(16)14-6-4-11(15)8-10-5-7-18-9-10/h5,7,9H,4,6,8H2,1-3H3,(H,14,16). The zero-order valence-electron chi connectivity index (χ0n) is 11.0. The Labute approximate surface area is 111 Å². The molecule has 1 aromatic heterocycles. The summed E-state index contributed by atoms with van der Waals surface area (Å²) in [5, 5.41) is 6.47. The van der Waals surface area contributed by atoms with Crippen LogP contribution in [0.25, 0.3) is 0 Å². The van der Waals surface area contributed by atoms with Gasteiger partial charge in [-0.15, -0.1) is 0 Å². The molecular weight excluding hydrogens is 250 g/mol. The van der Waals surface area contributed by atoms with Gasteiger partial charge in [-0.1, -0.05) is 0 Å². The first kappa shape index (κ1) is 14.7. The average Bonchev–Trinajstić information content (AvgIpc) is 2.67. The van der Waals surface area contributed by atoms with Gasteiger partial charge in [0.2, 0.25) is 0 Å². The Balaban J connectivity index is 2.18. The van der Waals surface area contributed by atoms with Gasteiger partial charge in [0, 0.05) is 19.4 Å². The number of hydrogen-bond donors (Lipinski definition) is 1. The molecule has 0 bridgehead atoms. The number of carbonyl (C=O) groups excluding carboxylic acids is 2. The number of carbonyl (C=O) groups is 2. The third-order valence-electron chi connectivity index (χ3n) is 2.05. The summed E-state index contributed by atoms with van der Waals surface area (Å²) in [6.07, 6.45) is 0.278. The molecule has 4 nitrogen and oxygen atoms in total. The highest BCUT2D eigenvalue weighted by atomic mass is 32.1. The highest BCUT2D eigenvalue weighted by molar-refractivity contribution is 7.07. The van der Waals surface area contributed by atoms with Crippen molar-refractivity contribution in [3.63, 3.8) is 0 Å². The van der Waals surface area contributed by atoms with Crippen molar-refractivity contribution in [1.82, 2.24) is 5.32 Å². The van der Waals surface area contributed by atoms with Crippen LogP contribution in [-0.4, -0.2) is 24.0 Å². The smallest absolute Gasteiger partial charge is 0.407 e. The second-order valence-electron chi connectivity index (χ2n) is 5.03. The summed E-state index contributed by atoms with van der Waals surface area (Å²) < 4.78 is 5.07. The second-order valence-corrected chi connectivity index (χ2v) is 5.81. The molecule has 1 amide bonds. The molecule has 18 heavy (non-hydrogen) atoms. The molecular formula is C13H19NO3S. The molecule has 0 aliphatic heterocycles. The van der Waals surface area contributed by atoms with Crippen molar-refractivity contribution in [1.29, 1.82) is 0 Å². The number of ketones is 1. The molecule has 0 aliphatic rings. The highest BCUT2D eigenvalue weighted by Gasteiger charge is 2.15. The van der Waals surface area contributed by atoms with Crippen LogP contribution in [-0.2, 0) is 16.0 Å². The van der Waals surface area contributed by atoms with Gasteiger partial charge in [0.15, 0.2) is 0 Å². The lowest BCUT2D eigenvalue weighted by Crippen LogP contribution is -2.33. The van der Waals surface area contributed by atoms with E-state index in [9.17, 15) is 9.59 Å². The van der Waals surface area contributed by atoms with E-state index >= 15 is 0 Å². The number of Topliss-reactive ketones (excluding diaryl/α,β-unsaturated/α-hetero) is 1. The Morgan fingerprint density at radius 2 is 2.11 bits per heavy atom. The quantitative estimate of drug-likeness (QED) is 0.894. The van der Waals surface area contributed by atoms with Gasteiger partial charge in [-0.25, -0.2) is 4.79 Å². The van der Waals surface area contributed by atoms with E-state index in [1.165, 1.54) is 0 Å². The van der Waals surface area contributed by atoms with Crippen LogP contribution in [0.3, 0.4) is 0 Å². The van der Waals surface area contributed by atoms with Gasteiger partial charge in [0.25, 0.3) is 0 Å². The minimum absolute atomic E-state index is 0.115. The molecule has 0 spiro atoms. The van der Waals surface area contributed by atoms with Crippen LogP contribution in [0, 0.1) is 0 Å². The molecule has 0 saturated heterocycles. The monoisotopic (exact) mass is 269 g/mol. The number of nitrogens with one attached hydrogen (secondary N) is 1. The zero-order chi connectivity index (χ0) is 13.6. The largest absolute Gasteiger partial charge is 0.444 e. The maximum Gasteiger partial charge on any atom is 0.407 e. The van der Waals surface area contributed by atoms with Crippen molar-refractivity contribution >= 4 is 23.2 Å². The molecule has 0 saturated carbocycles. The topological polar surface area (TPSA) is 55.4 Å². The number of amides is 1. The van der Waals surface area contributed by atoms with E-state index in [2.05, 4.69) is 5.32 Å². The number of ether oxygens (including phenoxy) is 1.